The molecule has 0 bridgehead atoms. The van der Waals surface area contributed by atoms with E-state index >= 15 is 0 Å². The number of hydrogen-bond acceptors (Lipinski definition) is 6. The highest BCUT2D eigenvalue weighted by atomic mass is 16.6. The van der Waals surface area contributed by atoms with Crippen LogP contribution < -0.4 is 0 Å². The lowest BCUT2D eigenvalue weighted by atomic mass is 10.1. The number of hydrogen-bond donors (Lipinski definition) is 0. The first-order valence-corrected chi connectivity index (χ1v) is 8.94. The van der Waals surface area contributed by atoms with Gasteiger partial charge in [0.05, 0.1) is 0 Å². The summed E-state index contributed by atoms with van der Waals surface area (Å²) in [6, 6.07) is 0. The van der Waals surface area contributed by atoms with Gasteiger partial charge in [0, 0.05) is 20.3 Å². The smallest absolute Gasteiger partial charge is 0.305 e. The van der Waals surface area contributed by atoms with Crippen molar-refractivity contribution in [3.8, 4) is 0 Å². The SMILES string of the molecule is C.C.C=CCC.CCCCCCCC(=O)OCC(COC(C)=O)OC(C)=O. The summed E-state index contributed by atoms with van der Waals surface area (Å²) in [6.07, 6.45) is 7.80. The molecule has 1 unspecified atom stereocenters. The Bertz CT molecular complexity index is 379. The lowest BCUT2D eigenvalue weighted by Crippen LogP contribution is -2.29. The van der Waals surface area contributed by atoms with Crippen molar-refractivity contribution < 1.29 is 28.6 Å². The summed E-state index contributed by atoms with van der Waals surface area (Å²) in [4.78, 5) is 33.2. The first kappa shape index (κ1) is 32.8. The number of esters is 3. The molecule has 0 aliphatic carbocycles. The molecule has 0 fully saturated rings. The Balaban J connectivity index is -0.000000398. The first-order chi connectivity index (χ1) is 11.9. The van der Waals surface area contributed by atoms with Gasteiger partial charge < -0.3 is 14.2 Å². The molecule has 0 N–H and O–H groups in total. The predicted octanol–water partition coefficient (Wildman–Crippen LogP) is 5.24. The van der Waals surface area contributed by atoms with Gasteiger partial charge in [0.25, 0.3) is 0 Å². The second-order valence-corrected chi connectivity index (χ2v) is 5.58. The van der Waals surface area contributed by atoms with Crippen molar-refractivity contribution in [2.45, 2.75) is 93.6 Å². The van der Waals surface area contributed by atoms with E-state index < -0.39 is 18.0 Å². The lowest BCUT2D eigenvalue weighted by Gasteiger charge is -2.16. The number of rotatable bonds is 12. The molecule has 6 heteroatoms. The molecule has 0 heterocycles. The average molecular weight is 391 g/mol. The number of unbranched alkanes of at least 4 members (excludes halogenated alkanes) is 4. The van der Waals surface area contributed by atoms with Crippen LogP contribution in [0.3, 0.4) is 0 Å². The van der Waals surface area contributed by atoms with Crippen LogP contribution in [0.2, 0.25) is 0 Å². The molecular weight excluding hydrogens is 348 g/mol. The van der Waals surface area contributed by atoms with Gasteiger partial charge in [-0.25, -0.2) is 0 Å². The van der Waals surface area contributed by atoms with Crippen molar-refractivity contribution in [2.75, 3.05) is 13.2 Å². The van der Waals surface area contributed by atoms with Gasteiger partial charge in [-0.3, -0.25) is 14.4 Å². The predicted molar refractivity (Wildman–Crippen MR) is 110 cm³/mol. The van der Waals surface area contributed by atoms with Gasteiger partial charge in [-0.05, 0) is 12.8 Å². The van der Waals surface area contributed by atoms with Crippen LogP contribution in [0.5, 0.6) is 0 Å². The van der Waals surface area contributed by atoms with Crippen LogP contribution in [0.4, 0.5) is 0 Å². The van der Waals surface area contributed by atoms with E-state index in [4.69, 9.17) is 14.2 Å². The number of carbonyl (C=O) groups excluding carboxylic acids is 3. The largest absolute Gasteiger partial charge is 0.462 e. The highest BCUT2D eigenvalue weighted by molar-refractivity contribution is 5.69. The van der Waals surface area contributed by atoms with Crippen LogP contribution in [0, 0.1) is 0 Å². The molecule has 0 aromatic carbocycles. The van der Waals surface area contributed by atoms with Crippen LogP contribution in [-0.2, 0) is 28.6 Å². The van der Waals surface area contributed by atoms with Crippen LogP contribution in [0.1, 0.15) is 87.5 Å². The van der Waals surface area contributed by atoms with Gasteiger partial charge in [-0.2, -0.15) is 0 Å². The Morgan fingerprint density at radius 1 is 0.889 bits per heavy atom. The van der Waals surface area contributed by atoms with E-state index in [1.165, 1.54) is 20.3 Å². The molecule has 0 radical (unpaired) electrons. The number of allylic oxidation sites excluding steroid dienone is 1. The molecule has 0 aromatic rings. The first-order valence-electron chi connectivity index (χ1n) is 8.94. The van der Waals surface area contributed by atoms with Gasteiger partial charge in [0.2, 0.25) is 0 Å². The molecule has 0 spiro atoms. The third-order valence-corrected chi connectivity index (χ3v) is 3.01. The van der Waals surface area contributed by atoms with E-state index in [2.05, 4.69) is 20.4 Å². The zero-order valence-electron chi connectivity index (χ0n) is 16.2. The van der Waals surface area contributed by atoms with Gasteiger partial charge in [0.15, 0.2) is 6.10 Å². The van der Waals surface area contributed by atoms with Gasteiger partial charge in [0.1, 0.15) is 13.2 Å². The highest BCUT2D eigenvalue weighted by Crippen LogP contribution is 2.06. The van der Waals surface area contributed by atoms with E-state index in [9.17, 15) is 14.4 Å². The summed E-state index contributed by atoms with van der Waals surface area (Å²) in [5, 5.41) is 0. The van der Waals surface area contributed by atoms with Crippen molar-refractivity contribution in [1.82, 2.24) is 0 Å². The fourth-order valence-electron chi connectivity index (χ4n) is 1.69. The Morgan fingerprint density at radius 3 is 1.85 bits per heavy atom. The van der Waals surface area contributed by atoms with E-state index in [1.54, 1.807) is 0 Å². The molecule has 0 saturated carbocycles. The van der Waals surface area contributed by atoms with Crippen molar-refractivity contribution in [3.05, 3.63) is 12.7 Å². The van der Waals surface area contributed by atoms with E-state index in [1.807, 2.05) is 6.08 Å². The van der Waals surface area contributed by atoms with E-state index in [0.717, 1.165) is 32.1 Å². The molecule has 0 aliphatic rings. The summed E-state index contributed by atoms with van der Waals surface area (Å²) in [6.45, 7) is 9.97. The molecule has 0 aromatic heterocycles. The molecule has 6 nitrogen and oxygen atoms in total. The third-order valence-electron chi connectivity index (χ3n) is 3.01. The zero-order chi connectivity index (χ0) is 19.5. The van der Waals surface area contributed by atoms with E-state index in [-0.39, 0.29) is 34.0 Å². The quantitative estimate of drug-likeness (QED) is 0.196. The maximum atomic E-state index is 11.5. The second-order valence-electron chi connectivity index (χ2n) is 5.58. The monoisotopic (exact) mass is 390 g/mol. The highest BCUT2D eigenvalue weighted by Gasteiger charge is 2.16. The Morgan fingerprint density at radius 2 is 1.41 bits per heavy atom. The average Bonchev–Trinajstić information content (AvgIpc) is 2.56. The summed E-state index contributed by atoms with van der Waals surface area (Å²) < 4.78 is 14.7. The minimum absolute atomic E-state index is 0. The molecule has 0 rings (SSSR count). The van der Waals surface area contributed by atoms with Crippen LogP contribution in [-0.4, -0.2) is 37.2 Å². The van der Waals surface area contributed by atoms with Crippen molar-refractivity contribution >= 4 is 17.9 Å². The maximum absolute atomic E-state index is 11.5. The van der Waals surface area contributed by atoms with Gasteiger partial charge >= 0.3 is 17.9 Å². The van der Waals surface area contributed by atoms with Crippen LogP contribution in [0.15, 0.2) is 12.7 Å². The number of ether oxygens (including phenoxy) is 3. The third kappa shape index (κ3) is 29.2. The zero-order valence-corrected chi connectivity index (χ0v) is 16.2. The Hall–Kier alpha value is -1.85. The standard InChI is InChI=1S/C15H26O6.C4H8.2CH4/c1-4-5-6-7-8-9-15(18)20-11-14(21-13(3)17)10-19-12(2)16;1-3-4-2;;/h14H,4-11H2,1-3H3;3H,1,4H2,2H3;2*1H4. The fraction of sp³-hybridized carbons (Fsp3) is 0.762. The van der Waals surface area contributed by atoms with Gasteiger partial charge in [-0.1, -0.05) is 60.5 Å². The summed E-state index contributed by atoms with van der Waals surface area (Å²) in [7, 11) is 0. The van der Waals surface area contributed by atoms with E-state index in [0.29, 0.717) is 6.42 Å². The van der Waals surface area contributed by atoms with Crippen molar-refractivity contribution in [2.24, 2.45) is 0 Å². The van der Waals surface area contributed by atoms with Crippen LogP contribution >= 0.6 is 0 Å². The normalized spacial score (nSPS) is 9.93. The maximum Gasteiger partial charge on any atom is 0.305 e. The summed E-state index contributed by atoms with van der Waals surface area (Å²) >= 11 is 0. The molecule has 1 atom stereocenters. The topological polar surface area (TPSA) is 78.9 Å². The second kappa shape index (κ2) is 24.1. The minimum Gasteiger partial charge on any atom is -0.462 e. The molecule has 0 saturated heterocycles. The lowest BCUT2D eigenvalue weighted by molar-refractivity contribution is -0.164. The number of carbonyl (C=O) groups is 3. The van der Waals surface area contributed by atoms with Gasteiger partial charge in [-0.15, -0.1) is 6.58 Å². The summed E-state index contributed by atoms with van der Waals surface area (Å²) in [5.41, 5.74) is 0. The molecule has 0 aliphatic heterocycles. The molecular formula is C21H42O6. The van der Waals surface area contributed by atoms with Crippen LogP contribution in [0.25, 0.3) is 0 Å². The molecule has 27 heavy (non-hydrogen) atoms. The molecule has 0 amide bonds. The van der Waals surface area contributed by atoms with Crippen molar-refractivity contribution in [1.29, 1.82) is 0 Å². The molecule has 162 valence electrons. The fourth-order valence-corrected chi connectivity index (χ4v) is 1.69. The summed E-state index contributed by atoms with van der Waals surface area (Å²) in [5.74, 6) is -1.32. The Kier molecular flexibility index (Phi) is 29.3. The Labute approximate surface area is 166 Å². The minimum atomic E-state index is -0.754. The van der Waals surface area contributed by atoms with Crippen molar-refractivity contribution in [3.63, 3.8) is 0 Å².